The molecule has 2 aromatic heterocycles. The molecule has 0 radical (unpaired) electrons. The average Bonchev–Trinajstić information content (AvgIpc) is 2.61. The van der Waals surface area contributed by atoms with E-state index in [1.807, 2.05) is 11.0 Å². The van der Waals surface area contributed by atoms with Gasteiger partial charge in [0.05, 0.1) is 0 Å². The van der Waals surface area contributed by atoms with Crippen LogP contribution in [0.2, 0.25) is 0 Å². The molecule has 2 N–H and O–H groups in total. The Kier molecular flexibility index (Phi) is 4.47. The van der Waals surface area contributed by atoms with Crippen molar-refractivity contribution >= 4 is 21.8 Å². The number of rotatable bonds is 3. The summed E-state index contributed by atoms with van der Waals surface area (Å²) in [6.45, 7) is 3.12. The van der Waals surface area contributed by atoms with Crippen molar-refractivity contribution in [3.05, 3.63) is 29.6 Å². The predicted octanol–water partition coefficient (Wildman–Crippen LogP) is -0.460. The molecule has 1 fully saturated rings. The molecule has 1 aliphatic rings. The Morgan fingerprint density at radius 3 is 2.48 bits per heavy atom. The molecule has 0 aromatic carbocycles. The third-order valence-corrected chi connectivity index (χ3v) is 5.53. The zero-order chi connectivity index (χ0) is 18.0. The van der Waals surface area contributed by atoms with Crippen LogP contribution in [-0.2, 0) is 10.0 Å². The molecule has 3 rings (SSSR count). The Hall–Kier alpha value is -2.84. The van der Waals surface area contributed by atoms with E-state index in [2.05, 4.69) is 20.2 Å². The standard InChI is InChI=1S/C14H16N8O2S/c1-10-8-11(9-15)18-14(17-10)21-4-6-22(7-5-21)25(23,24)13-3-2-12(16)19-20-13/h2-3,8H,4-7H2,1H3,(H2,16,19). The van der Waals surface area contributed by atoms with Gasteiger partial charge in [-0.2, -0.15) is 9.57 Å². The van der Waals surface area contributed by atoms with Gasteiger partial charge in [0.15, 0.2) is 5.03 Å². The van der Waals surface area contributed by atoms with E-state index in [1.165, 1.54) is 16.4 Å². The lowest BCUT2D eigenvalue weighted by molar-refractivity contribution is 0.380. The van der Waals surface area contributed by atoms with E-state index >= 15 is 0 Å². The van der Waals surface area contributed by atoms with Gasteiger partial charge in [0.1, 0.15) is 17.6 Å². The fourth-order valence-corrected chi connectivity index (χ4v) is 3.77. The fourth-order valence-electron chi connectivity index (χ4n) is 2.48. The zero-order valence-electron chi connectivity index (χ0n) is 13.5. The van der Waals surface area contributed by atoms with Crippen molar-refractivity contribution < 1.29 is 8.42 Å². The third-order valence-electron chi connectivity index (χ3n) is 3.74. The van der Waals surface area contributed by atoms with Gasteiger partial charge >= 0.3 is 0 Å². The molecule has 3 heterocycles. The molecule has 10 nitrogen and oxygen atoms in total. The maximum Gasteiger partial charge on any atom is 0.262 e. The van der Waals surface area contributed by atoms with Gasteiger partial charge in [0.2, 0.25) is 5.95 Å². The van der Waals surface area contributed by atoms with Crippen molar-refractivity contribution in [1.82, 2.24) is 24.5 Å². The van der Waals surface area contributed by atoms with E-state index in [4.69, 9.17) is 11.0 Å². The summed E-state index contributed by atoms with van der Waals surface area (Å²) in [4.78, 5) is 10.4. The molecular formula is C14H16N8O2S. The number of aryl methyl sites for hydroxylation is 1. The molecule has 25 heavy (non-hydrogen) atoms. The molecule has 0 unspecified atom stereocenters. The van der Waals surface area contributed by atoms with Crippen molar-refractivity contribution in [2.24, 2.45) is 0 Å². The van der Waals surface area contributed by atoms with Gasteiger partial charge in [-0.25, -0.2) is 18.4 Å². The Balaban J connectivity index is 1.74. The van der Waals surface area contributed by atoms with Gasteiger partial charge in [0, 0.05) is 31.9 Å². The Morgan fingerprint density at radius 2 is 1.88 bits per heavy atom. The molecule has 0 aliphatic carbocycles. The van der Waals surface area contributed by atoms with Crippen LogP contribution in [0, 0.1) is 18.3 Å². The van der Waals surface area contributed by atoms with Crippen molar-refractivity contribution in [2.75, 3.05) is 36.8 Å². The monoisotopic (exact) mass is 360 g/mol. The number of aromatic nitrogens is 4. The van der Waals surface area contributed by atoms with Gasteiger partial charge in [-0.1, -0.05) is 0 Å². The maximum atomic E-state index is 12.6. The highest BCUT2D eigenvalue weighted by atomic mass is 32.2. The zero-order valence-corrected chi connectivity index (χ0v) is 14.3. The predicted molar refractivity (Wildman–Crippen MR) is 88.9 cm³/mol. The Bertz CT molecular complexity index is 915. The van der Waals surface area contributed by atoms with Gasteiger partial charge in [-0.05, 0) is 25.1 Å². The number of anilines is 2. The molecule has 1 aliphatic heterocycles. The lowest BCUT2D eigenvalue weighted by Gasteiger charge is -2.33. The van der Waals surface area contributed by atoms with Gasteiger partial charge in [0.25, 0.3) is 10.0 Å². The first-order valence-corrected chi connectivity index (χ1v) is 8.94. The van der Waals surface area contributed by atoms with Crippen LogP contribution in [0.15, 0.2) is 23.2 Å². The van der Waals surface area contributed by atoms with Gasteiger partial charge in [-0.15, -0.1) is 10.2 Å². The molecule has 0 saturated carbocycles. The van der Waals surface area contributed by atoms with Crippen LogP contribution in [0.5, 0.6) is 0 Å². The first-order chi connectivity index (χ1) is 11.9. The number of sulfonamides is 1. The molecular weight excluding hydrogens is 344 g/mol. The number of hydrogen-bond donors (Lipinski definition) is 1. The second-order valence-corrected chi connectivity index (χ2v) is 7.38. The summed E-state index contributed by atoms with van der Waals surface area (Å²) >= 11 is 0. The van der Waals surface area contributed by atoms with E-state index in [0.29, 0.717) is 24.7 Å². The van der Waals surface area contributed by atoms with E-state index in [-0.39, 0.29) is 29.6 Å². The van der Waals surface area contributed by atoms with Crippen LogP contribution in [-0.4, -0.2) is 59.1 Å². The quantitative estimate of drug-likeness (QED) is 0.769. The van der Waals surface area contributed by atoms with Crippen LogP contribution in [0.3, 0.4) is 0 Å². The highest BCUT2D eigenvalue weighted by molar-refractivity contribution is 7.89. The second kappa shape index (κ2) is 6.58. The summed E-state index contributed by atoms with van der Waals surface area (Å²) in [6.07, 6.45) is 0. The van der Waals surface area contributed by atoms with Crippen molar-refractivity contribution in [3.63, 3.8) is 0 Å². The molecule has 130 valence electrons. The highest BCUT2D eigenvalue weighted by Gasteiger charge is 2.30. The first kappa shape index (κ1) is 17.0. The fraction of sp³-hybridized carbons (Fsp3) is 0.357. The Morgan fingerprint density at radius 1 is 1.16 bits per heavy atom. The minimum atomic E-state index is -3.72. The number of nitriles is 1. The van der Waals surface area contributed by atoms with E-state index in [0.717, 1.165) is 0 Å². The summed E-state index contributed by atoms with van der Waals surface area (Å²) in [5.74, 6) is 0.592. The van der Waals surface area contributed by atoms with E-state index < -0.39 is 10.0 Å². The summed E-state index contributed by atoms with van der Waals surface area (Å²) in [6, 6.07) is 6.34. The average molecular weight is 360 g/mol. The first-order valence-electron chi connectivity index (χ1n) is 7.50. The molecule has 0 amide bonds. The summed E-state index contributed by atoms with van der Waals surface area (Å²) < 4.78 is 26.5. The molecule has 0 spiro atoms. The van der Waals surface area contributed by atoms with Gasteiger partial charge in [-0.3, -0.25) is 0 Å². The van der Waals surface area contributed by atoms with E-state index in [1.54, 1.807) is 13.0 Å². The van der Waals surface area contributed by atoms with Crippen LogP contribution in [0.1, 0.15) is 11.4 Å². The summed E-state index contributed by atoms with van der Waals surface area (Å²) in [7, 11) is -3.72. The second-order valence-electron chi connectivity index (χ2n) is 5.49. The van der Waals surface area contributed by atoms with E-state index in [9.17, 15) is 8.42 Å². The van der Waals surface area contributed by atoms with Crippen LogP contribution < -0.4 is 10.6 Å². The number of nitrogens with two attached hydrogens (primary N) is 1. The van der Waals surface area contributed by atoms with Crippen molar-refractivity contribution in [1.29, 1.82) is 5.26 Å². The number of hydrogen-bond acceptors (Lipinski definition) is 9. The smallest absolute Gasteiger partial charge is 0.262 e. The SMILES string of the molecule is Cc1cc(C#N)nc(N2CCN(S(=O)(=O)c3ccc(N)nn3)CC2)n1. The van der Waals surface area contributed by atoms with Crippen LogP contribution >= 0.6 is 0 Å². The van der Waals surface area contributed by atoms with Crippen molar-refractivity contribution in [3.8, 4) is 6.07 Å². The lowest BCUT2D eigenvalue weighted by atomic mass is 10.3. The lowest BCUT2D eigenvalue weighted by Crippen LogP contribution is -2.49. The number of nitrogen functional groups attached to an aromatic ring is 1. The van der Waals surface area contributed by atoms with Crippen molar-refractivity contribution in [2.45, 2.75) is 11.9 Å². The minimum absolute atomic E-state index is 0.131. The normalized spacial score (nSPS) is 15.8. The maximum absolute atomic E-state index is 12.6. The summed E-state index contributed by atoms with van der Waals surface area (Å²) in [5, 5.41) is 16.1. The largest absolute Gasteiger partial charge is 0.382 e. The molecule has 2 aromatic rings. The highest BCUT2D eigenvalue weighted by Crippen LogP contribution is 2.18. The number of piperazine rings is 1. The van der Waals surface area contributed by atoms with Crippen LogP contribution in [0.4, 0.5) is 11.8 Å². The third kappa shape index (κ3) is 3.49. The Labute approximate surface area is 145 Å². The molecule has 0 bridgehead atoms. The minimum Gasteiger partial charge on any atom is -0.382 e. The summed E-state index contributed by atoms with van der Waals surface area (Å²) in [5.41, 5.74) is 6.42. The number of nitrogens with zero attached hydrogens (tertiary/aromatic N) is 7. The topological polar surface area (TPSA) is 142 Å². The molecule has 11 heteroatoms. The van der Waals surface area contributed by atoms with Gasteiger partial charge < -0.3 is 10.6 Å². The van der Waals surface area contributed by atoms with Crippen LogP contribution in [0.25, 0.3) is 0 Å². The molecule has 0 atom stereocenters. The molecule has 1 saturated heterocycles.